The lowest BCUT2D eigenvalue weighted by molar-refractivity contribution is -0.123. The third kappa shape index (κ3) is 4.92. The van der Waals surface area contributed by atoms with Crippen molar-refractivity contribution < 1.29 is 23.2 Å². The van der Waals surface area contributed by atoms with Gasteiger partial charge in [0.2, 0.25) is 5.91 Å². The van der Waals surface area contributed by atoms with Crippen LogP contribution in [0.25, 0.3) is 11.0 Å². The summed E-state index contributed by atoms with van der Waals surface area (Å²) in [5, 5.41) is 16.1. The molecule has 2 aromatic carbocycles. The van der Waals surface area contributed by atoms with Gasteiger partial charge in [-0.3, -0.25) is 14.4 Å². The van der Waals surface area contributed by atoms with Crippen LogP contribution in [0.1, 0.15) is 61.1 Å². The Morgan fingerprint density at radius 3 is 2.59 bits per heavy atom. The molecule has 0 atom stereocenters. The van der Waals surface area contributed by atoms with Gasteiger partial charge < -0.3 is 20.0 Å². The molecule has 2 N–H and O–H groups in total. The van der Waals surface area contributed by atoms with Gasteiger partial charge in [0, 0.05) is 24.0 Å². The number of piperidine rings is 1. The van der Waals surface area contributed by atoms with Gasteiger partial charge in [-0.05, 0) is 43.5 Å². The molecular formula is C28H27FN4O4. The van der Waals surface area contributed by atoms with Crippen LogP contribution in [0.3, 0.4) is 0 Å². The Hall–Kier alpha value is -4.19. The van der Waals surface area contributed by atoms with E-state index in [1.165, 1.54) is 6.07 Å². The first kappa shape index (κ1) is 24.5. The maximum Gasteiger partial charge on any atom is 0.287 e. The number of rotatable bonds is 5. The van der Waals surface area contributed by atoms with Crippen molar-refractivity contribution in [3.63, 3.8) is 0 Å². The molecule has 190 valence electrons. The summed E-state index contributed by atoms with van der Waals surface area (Å²) in [6.45, 7) is 0.522. The SMILES string of the molecule is N#Cc1cc(NC(=O)C2(NC(=O)c3cc4ccccc4o3)CCCCC2)cc(F)c1N1CCCC(=O)C1. The van der Waals surface area contributed by atoms with Crippen LogP contribution < -0.4 is 15.5 Å². The number of carbonyl (C=O) groups is 3. The van der Waals surface area contributed by atoms with Crippen LogP contribution in [0.4, 0.5) is 15.8 Å². The zero-order valence-corrected chi connectivity index (χ0v) is 20.3. The van der Waals surface area contributed by atoms with Crippen LogP contribution in [0, 0.1) is 17.1 Å². The first-order valence-electron chi connectivity index (χ1n) is 12.5. The Bertz CT molecular complexity index is 1380. The number of benzene rings is 2. The molecule has 0 unspecified atom stereocenters. The smallest absolute Gasteiger partial charge is 0.287 e. The second-order valence-electron chi connectivity index (χ2n) is 9.73. The predicted molar refractivity (Wildman–Crippen MR) is 136 cm³/mol. The van der Waals surface area contributed by atoms with Gasteiger partial charge in [-0.25, -0.2) is 4.39 Å². The minimum Gasteiger partial charge on any atom is -0.451 e. The molecule has 1 saturated carbocycles. The number of halogens is 1. The lowest BCUT2D eigenvalue weighted by Gasteiger charge is -2.36. The molecular weight excluding hydrogens is 475 g/mol. The van der Waals surface area contributed by atoms with E-state index in [9.17, 15) is 19.6 Å². The maximum atomic E-state index is 15.2. The van der Waals surface area contributed by atoms with E-state index in [1.54, 1.807) is 17.0 Å². The van der Waals surface area contributed by atoms with Crippen molar-refractivity contribution in [3.8, 4) is 6.07 Å². The molecule has 1 saturated heterocycles. The summed E-state index contributed by atoms with van der Waals surface area (Å²) in [5.41, 5.74) is -0.401. The third-order valence-corrected chi connectivity index (χ3v) is 7.15. The quantitative estimate of drug-likeness (QED) is 0.523. The lowest BCUT2D eigenvalue weighted by atomic mass is 9.80. The highest BCUT2D eigenvalue weighted by molar-refractivity contribution is 6.04. The predicted octanol–water partition coefficient (Wildman–Crippen LogP) is 4.68. The fourth-order valence-corrected chi connectivity index (χ4v) is 5.29. The number of Topliss-reactive ketones (excluding diaryl/α,β-unsaturated/α-hetero) is 1. The molecule has 2 fully saturated rings. The molecule has 1 aliphatic heterocycles. The average molecular weight is 503 g/mol. The molecule has 1 aliphatic carbocycles. The number of fused-ring (bicyclic) bond motifs is 1. The summed E-state index contributed by atoms with van der Waals surface area (Å²) in [6, 6.07) is 13.5. The molecule has 37 heavy (non-hydrogen) atoms. The van der Waals surface area contributed by atoms with Crippen molar-refractivity contribution >= 4 is 39.9 Å². The van der Waals surface area contributed by atoms with Crippen LogP contribution in [0.5, 0.6) is 0 Å². The Kier molecular flexibility index (Phi) is 6.66. The number of furan rings is 1. The molecule has 8 nitrogen and oxygen atoms in total. The van der Waals surface area contributed by atoms with Gasteiger partial charge in [0.15, 0.2) is 11.5 Å². The van der Waals surface area contributed by atoms with E-state index in [0.717, 1.165) is 30.7 Å². The van der Waals surface area contributed by atoms with Crippen molar-refractivity contribution in [1.82, 2.24) is 5.32 Å². The van der Waals surface area contributed by atoms with E-state index >= 15 is 4.39 Å². The van der Waals surface area contributed by atoms with Gasteiger partial charge in [-0.2, -0.15) is 5.26 Å². The number of nitriles is 1. The molecule has 3 aromatic rings. The number of carbonyl (C=O) groups excluding carboxylic acids is 3. The summed E-state index contributed by atoms with van der Waals surface area (Å²) >= 11 is 0. The minimum atomic E-state index is -1.20. The molecule has 9 heteroatoms. The second-order valence-corrected chi connectivity index (χ2v) is 9.73. The van der Waals surface area contributed by atoms with Gasteiger partial charge in [0.05, 0.1) is 17.8 Å². The summed E-state index contributed by atoms with van der Waals surface area (Å²) in [6.07, 6.45) is 4.30. The van der Waals surface area contributed by atoms with Crippen LogP contribution in [0.2, 0.25) is 0 Å². The molecule has 2 aliphatic rings. The summed E-state index contributed by atoms with van der Waals surface area (Å²) < 4.78 is 20.9. The van der Waals surface area contributed by atoms with E-state index in [0.29, 0.717) is 37.8 Å². The summed E-state index contributed by atoms with van der Waals surface area (Å²) in [7, 11) is 0. The number of anilines is 2. The van der Waals surface area contributed by atoms with Crippen molar-refractivity contribution in [1.29, 1.82) is 5.26 Å². The molecule has 1 aromatic heterocycles. The number of nitrogens with one attached hydrogen (secondary N) is 2. The number of para-hydroxylation sites is 1. The first-order valence-corrected chi connectivity index (χ1v) is 12.5. The molecule has 0 spiro atoms. The third-order valence-electron chi connectivity index (χ3n) is 7.15. The van der Waals surface area contributed by atoms with Gasteiger partial charge in [0.25, 0.3) is 5.91 Å². The molecule has 0 bridgehead atoms. The highest BCUT2D eigenvalue weighted by Gasteiger charge is 2.42. The standard InChI is InChI=1S/C28H27FN4O4/c29-22-15-20(13-19(16-30)25(22)33-12-6-8-21(34)17-33)31-27(36)28(10-4-1-5-11-28)32-26(35)24-14-18-7-2-3-9-23(18)37-24/h2-3,7,9,13-15H,1,4-6,8,10-12,17H2,(H,31,36)(H,32,35). The van der Waals surface area contributed by atoms with Gasteiger partial charge in [0.1, 0.15) is 23.0 Å². The normalized spacial score (nSPS) is 17.3. The van der Waals surface area contributed by atoms with Gasteiger partial charge in [-0.1, -0.05) is 37.5 Å². The number of amides is 2. The Morgan fingerprint density at radius 1 is 1.08 bits per heavy atom. The Balaban J connectivity index is 1.39. The number of ketones is 1. The average Bonchev–Trinajstić information content (AvgIpc) is 3.33. The van der Waals surface area contributed by atoms with Crippen molar-refractivity contribution in [2.24, 2.45) is 0 Å². The molecule has 2 amide bonds. The Morgan fingerprint density at radius 2 is 1.86 bits per heavy atom. The van der Waals surface area contributed by atoms with Gasteiger partial charge in [-0.15, -0.1) is 0 Å². The molecule has 2 heterocycles. The monoisotopic (exact) mass is 502 g/mol. The minimum absolute atomic E-state index is 0.00801. The van der Waals surface area contributed by atoms with Crippen LogP contribution in [-0.2, 0) is 9.59 Å². The highest BCUT2D eigenvalue weighted by Crippen LogP contribution is 2.33. The van der Waals surface area contributed by atoms with E-state index in [4.69, 9.17) is 4.42 Å². The number of nitrogens with zero attached hydrogens (tertiary/aromatic N) is 2. The Labute approximate surface area is 213 Å². The van der Waals surface area contributed by atoms with Crippen molar-refractivity contribution in [2.45, 2.75) is 50.5 Å². The fourth-order valence-electron chi connectivity index (χ4n) is 5.29. The van der Waals surface area contributed by atoms with E-state index in [-0.39, 0.29) is 35.0 Å². The number of hydrogen-bond donors (Lipinski definition) is 2. The van der Waals surface area contributed by atoms with Crippen LogP contribution >= 0.6 is 0 Å². The maximum absolute atomic E-state index is 15.2. The molecule has 5 rings (SSSR count). The second kappa shape index (κ2) is 10.1. The first-order chi connectivity index (χ1) is 17.9. The van der Waals surface area contributed by atoms with E-state index < -0.39 is 23.2 Å². The summed E-state index contributed by atoms with van der Waals surface area (Å²) in [4.78, 5) is 40.1. The van der Waals surface area contributed by atoms with Crippen LogP contribution in [0.15, 0.2) is 46.9 Å². The van der Waals surface area contributed by atoms with Crippen LogP contribution in [-0.4, -0.2) is 36.2 Å². The van der Waals surface area contributed by atoms with E-state index in [2.05, 4.69) is 10.6 Å². The fraction of sp³-hybridized carbons (Fsp3) is 0.357. The van der Waals surface area contributed by atoms with E-state index in [1.807, 2.05) is 24.3 Å². The summed E-state index contributed by atoms with van der Waals surface area (Å²) in [5.74, 6) is -1.56. The topological polar surface area (TPSA) is 115 Å². The number of hydrogen-bond acceptors (Lipinski definition) is 6. The lowest BCUT2D eigenvalue weighted by Crippen LogP contribution is -2.57. The zero-order valence-electron chi connectivity index (χ0n) is 20.3. The van der Waals surface area contributed by atoms with Gasteiger partial charge >= 0.3 is 0 Å². The molecule has 0 radical (unpaired) electrons. The van der Waals surface area contributed by atoms with Crippen molar-refractivity contribution in [3.05, 3.63) is 59.6 Å². The zero-order chi connectivity index (χ0) is 26.0. The highest BCUT2D eigenvalue weighted by atomic mass is 19.1. The largest absolute Gasteiger partial charge is 0.451 e. The van der Waals surface area contributed by atoms with Crippen molar-refractivity contribution in [2.75, 3.05) is 23.3 Å².